The normalized spacial score (nSPS) is 14.0. The summed E-state index contributed by atoms with van der Waals surface area (Å²) in [7, 11) is 0. The van der Waals surface area contributed by atoms with E-state index in [-0.39, 0.29) is 23.2 Å². The number of carbonyl (C=O) groups is 2. The molecule has 4 rings (SSSR count). The van der Waals surface area contributed by atoms with Crippen LogP contribution in [0.25, 0.3) is 0 Å². The topological polar surface area (TPSA) is 127 Å². The van der Waals surface area contributed by atoms with Gasteiger partial charge in [0, 0.05) is 33.8 Å². The summed E-state index contributed by atoms with van der Waals surface area (Å²) in [4.78, 5) is 40.4. The van der Waals surface area contributed by atoms with E-state index < -0.39 is 0 Å². The van der Waals surface area contributed by atoms with Crippen molar-refractivity contribution in [2.45, 2.75) is 0 Å². The third kappa shape index (κ3) is 8.39. The number of nitrogens with zero attached hydrogens (tertiary/aromatic N) is 4. The first-order valence-electron chi connectivity index (χ1n) is 10.8. The standard InChI is InChI=1S/C11H12BrCl2N3O2.C11H10BrN3O2/c12-7-5-8(10(18)15-3-1-13)17-9(6-7)11(19)16-4-2-14;12-7-5-8(10-13-1-3-16-10)15-9(6-7)11-14-2-4-17-11/h5-6H,1-4H2,(H,15,18)(H,16,19);5-6H,1-4H2. The Bertz CT molecular complexity index is 1080. The minimum atomic E-state index is -0.381. The van der Waals surface area contributed by atoms with Crippen LogP contribution in [0, 0.1) is 0 Å². The quantitative estimate of drug-likeness (QED) is 0.418. The minimum Gasteiger partial charge on any atom is -0.474 e. The maximum atomic E-state index is 11.7. The number of hydrogen-bond donors (Lipinski definition) is 2. The second-order valence-electron chi connectivity index (χ2n) is 7.07. The van der Waals surface area contributed by atoms with Gasteiger partial charge in [0.2, 0.25) is 11.8 Å². The maximum absolute atomic E-state index is 11.7. The van der Waals surface area contributed by atoms with Gasteiger partial charge < -0.3 is 20.1 Å². The highest BCUT2D eigenvalue weighted by Crippen LogP contribution is 2.17. The minimum absolute atomic E-state index is 0.149. The van der Waals surface area contributed by atoms with Crippen LogP contribution in [0.2, 0.25) is 0 Å². The lowest BCUT2D eigenvalue weighted by atomic mass is 10.2. The Hall–Kier alpha value is -2.28. The van der Waals surface area contributed by atoms with Gasteiger partial charge in [0.25, 0.3) is 11.8 Å². The van der Waals surface area contributed by atoms with Gasteiger partial charge in [-0.05, 0) is 24.3 Å². The lowest BCUT2D eigenvalue weighted by Crippen LogP contribution is -2.29. The highest BCUT2D eigenvalue weighted by atomic mass is 79.9. The van der Waals surface area contributed by atoms with Crippen molar-refractivity contribution in [1.29, 1.82) is 0 Å². The van der Waals surface area contributed by atoms with Crippen molar-refractivity contribution in [2.75, 3.05) is 51.2 Å². The number of amides is 2. The van der Waals surface area contributed by atoms with Crippen LogP contribution in [-0.2, 0) is 9.47 Å². The number of aromatic nitrogens is 2. The molecule has 0 bridgehead atoms. The van der Waals surface area contributed by atoms with Gasteiger partial charge in [-0.1, -0.05) is 31.9 Å². The number of halogens is 4. The molecule has 2 aromatic heterocycles. The third-order valence-corrected chi connectivity index (χ3v) is 5.71. The van der Waals surface area contributed by atoms with Crippen LogP contribution >= 0.6 is 55.1 Å². The molecule has 0 fully saturated rings. The van der Waals surface area contributed by atoms with Crippen LogP contribution < -0.4 is 10.6 Å². The predicted octanol–water partition coefficient (Wildman–Crippen LogP) is 3.18. The number of ether oxygens (including phenoxy) is 2. The number of pyridine rings is 2. The number of nitrogens with one attached hydrogen (secondary N) is 2. The predicted molar refractivity (Wildman–Crippen MR) is 145 cm³/mol. The number of alkyl halides is 2. The van der Waals surface area contributed by atoms with E-state index in [0.717, 1.165) is 4.47 Å². The summed E-state index contributed by atoms with van der Waals surface area (Å²) in [5, 5.41) is 5.16. The first kappa shape index (κ1) is 28.3. The van der Waals surface area contributed by atoms with Gasteiger partial charge in [0.05, 0.1) is 13.1 Å². The molecule has 4 heterocycles. The van der Waals surface area contributed by atoms with Crippen molar-refractivity contribution in [3.63, 3.8) is 0 Å². The van der Waals surface area contributed by atoms with Gasteiger partial charge in [-0.15, -0.1) is 23.2 Å². The molecule has 2 amide bonds. The Morgan fingerprint density at radius 1 is 0.778 bits per heavy atom. The van der Waals surface area contributed by atoms with E-state index in [2.05, 4.69) is 62.4 Å². The smallest absolute Gasteiger partial charge is 0.269 e. The van der Waals surface area contributed by atoms with E-state index in [1.807, 2.05) is 12.1 Å². The average Bonchev–Trinajstić information content (AvgIpc) is 3.60. The molecule has 2 aliphatic rings. The molecule has 0 saturated heterocycles. The Labute approximate surface area is 234 Å². The first-order chi connectivity index (χ1) is 17.4. The van der Waals surface area contributed by atoms with E-state index in [4.69, 9.17) is 32.7 Å². The lowest BCUT2D eigenvalue weighted by Gasteiger charge is -2.06. The largest absolute Gasteiger partial charge is 0.474 e. The molecule has 36 heavy (non-hydrogen) atoms. The summed E-state index contributed by atoms with van der Waals surface area (Å²) in [6, 6.07) is 6.82. The number of aliphatic imine (C=N–C) groups is 2. The molecule has 0 unspecified atom stereocenters. The van der Waals surface area contributed by atoms with Crippen LogP contribution in [0.4, 0.5) is 0 Å². The molecular formula is C22H22Br2Cl2N6O4. The lowest BCUT2D eigenvalue weighted by molar-refractivity contribution is 0.0946. The van der Waals surface area contributed by atoms with E-state index in [1.54, 1.807) is 0 Å². The van der Waals surface area contributed by atoms with Crippen LogP contribution in [0.3, 0.4) is 0 Å². The highest BCUT2D eigenvalue weighted by Gasteiger charge is 2.18. The zero-order chi connectivity index (χ0) is 25.9. The molecule has 0 aromatic carbocycles. The Morgan fingerprint density at radius 2 is 1.22 bits per heavy atom. The Morgan fingerprint density at radius 3 is 1.61 bits per heavy atom. The monoisotopic (exact) mass is 662 g/mol. The fraction of sp³-hybridized carbons (Fsp3) is 0.364. The van der Waals surface area contributed by atoms with Crippen molar-refractivity contribution in [3.8, 4) is 0 Å². The molecule has 0 spiro atoms. The Kier molecular flexibility index (Phi) is 11.4. The summed E-state index contributed by atoms with van der Waals surface area (Å²) in [6.45, 7) is 3.30. The van der Waals surface area contributed by atoms with Crippen molar-refractivity contribution >= 4 is 78.7 Å². The molecule has 14 heteroatoms. The first-order valence-corrected chi connectivity index (χ1v) is 13.5. The molecule has 192 valence electrons. The van der Waals surface area contributed by atoms with E-state index >= 15 is 0 Å². The zero-order valence-corrected chi connectivity index (χ0v) is 23.6. The van der Waals surface area contributed by atoms with Crippen molar-refractivity contribution in [2.24, 2.45) is 9.98 Å². The van der Waals surface area contributed by atoms with Gasteiger partial charge in [0.15, 0.2) is 0 Å². The molecular weight excluding hydrogens is 643 g/mol. The van der Waals surface area contributed by atoms with E-state index in [0.29, 0.717) is 78.8 Å². The summed E-state index contributed by atoms with van der Waals surface area (Å²) >= 11 is 17.6. The Balaban J connectivity index is 0.000000201. The third-order valence-electron chi connectivity index (χ3n) is 4.41. The van der Waals surface area contributed by atoms with Crippen LogP contribution in [0.1, 0.15) is 32.4 Å². The van der Waals surface area contributed by atoms with Gasteiger partial charge in [0.1, 0.15) is 36.0 Å². The molecule has 0 atom stereocenters. The van der Waals surface area contributed by atoms with Gasteiger partial charge in [-0.3, -0.25) is 9.59 Å². The molecule has 0 radical (unpaired) electrons. The molecule has 2 N–H and O–H groups in total. The second kappa shape index (κ2) is 14.5. The van der Waals surface area contributed by atoms with Crippen LogP contribution in [-0.4, -0.2) is 84.7 Å². The van der Waals surface area contributed by atoms with Gasteiger partial charge >= 0.3 is 0 Å². The number of carbonyl (C=O) groups excluding carboxylic acids is 2. The summed E-state index contributed by atoms with van der Waals surface area (Å²) < 4.78 is 12.3. The summed E-state index contributed by atoms with van der Waals surface area (Å²) in [5.74, 6) is 1.03. The summed E-state index contributed by atoms with van der Waals surface area (Å²) in [6.07, 6.45) is 0. The fourth-order valence-corrected chi connectivity index (χ4v) is 3.99. The SMILES string of the molecule is Brc1cc(C2=NCCO2)nc(C2=NCCO2)c1.O=C(NCCCl)c1cc(Br)cc(C(=O)NCCCl)n1. The van der Waals surface area contributed by atoms with Crippen LogP contribution in [0.5, 0.6) is 0 Å². The number of rotatable bonds is 8. The maximum Gasteiger partial charge on any atom is 0.269 e. The highest BCUT2D eigenvalue weighted by molar-refractivity contribution is 9.10. The zero-order valence-electron chi connectivity index (χ0n) is 18.9. The van der Waals surface area contributed by atoms with Crippen molar-refractivity contribution < 1.29 is 19.1 Å². The van der Waals surface area contributed by atoms with Crippen LogP contribution in [0.15, 0.2) is 43.2 Å². The van der Waals surface area contributed by atoms with E-state index in [1.165, 1.54) is 12.1 Å². The molecule has 0 aliphatic carbocycles. The molecule has 2 aromatic rings. The summed E-state index contributed by atoms with van der Waals surface area (Å²) in [5.41, 5.74) is 1.72. The van der Waals surface area contributed by atoms with Crippen molar-refractivity contribution in [3.05, 3.63) is 56.0 Å². The second-order valence-corrected chi connectivity index (χ2v) is 9.66. The average molecular weight is 665 g/mol. The molecule has 0 saturated carbocycles. The van der Waals surface area contributed by atoms with Gasteiger partial charge in [-0.25, -0.2) is 20.0 Å². The number of hydrogen-bond acceptors (Lipinski definition) is 8. The molecule has 10 nitrogen and oxygen atoms in total. The fourth-order valence-electron chi connectivity index (χ4n) is 2.93. The van der Waals surface area contributed by atoms with Crippen molar-refractivity contribution in [1.82, 2.24) is 20.6 Å². The van der Waals surface area contributed by atoms with E-state index in [9.17, 15) is 9.59 Å². The van der Waals surface area contributed by atoms with Gasteiger partial charge in [-0.2, -0.15) is 0 Å². The molecule has 2 aliphatic heterocycles.